The van der Waals surface area contributed by atoms with Gasteiger partial charge in [0.1, 0.15) is 11.9 Å². The molecule has 1 unspecified atom stereocenters. The van der Waals surface area contributed by atoms with Gasteiger partial charge in [0.25, 0.3) is 0 Å². The van der Waals surface area contributed by atoms with Crippen LogP contribution in [0.5, 0.6) is 0 Å². The van der Waals surface area contributed by atoms with E-state index < -0.39 is 0 Å². The molecule has 4 aliphatic rings. The minimum Gasteiger partial charge on any atom is -0.369 e. The second kappa shape index (κ2) is 9.56. The van der Waals surface area contributed by atoms with Gasteiger partial charge in [0.05, 0.1) is 5.70 Å². The van der Waals surface area contributed by atoms with Crippen LogP contribution in [0.1, 0.15) is 70.3 Å². The number of anilines is 1. The highest BCUT2D eigenvalue weighted by molar-refractivity contribution is 5.82. The molecule has 1 atom stereocenters. The molecule has 2 bridgehead atoms. The number of benzene rings is 1. The van der Waals surface area contributed by atoms with E-state index in [0.29, 0.717) is 10.8 Å². The number of aliphatic imine (C=N–C) groups is 1. The van der Waals surface area contributed by atoms with Crippen molar-refractivity contribution in [2.45, 2.75) is 70.9 Å². The van der Waals surface area contributed by atoms with Crippen LogP contribution in [-0.2, 0) is 0 Å². The number of likely N-dealkylation sites (N-methyl/N-ethyl adjacent to an activating group) is 2. The normalized spacial score (nSPS) is 29.2. The Morgan fingerprint density at radius 1 is 1.12 bits per heavy atom. The van der Waals surface area contributed by atoms with Crippen molar-refractivity contribution in [1.29, 1.82) is 0 Å². The van der Waals surface area contributed by atoms with Gasteiger partial charge in [0, 0.05) is 31.4 Å². The number of fused-ring (bicyclic) bond motifs is 4. The molecule has 32 heavy (non-hydrogen) atoms. The highest BCUT2D eigenvalue weighted by Gasteiger charge is 2.49. The molecule has 1 heterocycles. The molecule has 0 aromatic heterocycles. The average molecular weight is 438 g/mol. The maximum absolute atomic E-state index is 6.20. The summed E-state index contributed by atoms with van der Waals surface area (Å²) in [7, 11) is 4.17. The summed E-state index contributed by atoms with van der Waals surface area (Å²) in [6.07, 6.45) is 11.6. The topological polar surface area (TPSA) is 56.9 Å². The maximum Gasteiger partial charge on any atom is 0.125 e. The molecule has 1 aromatic rings. The van der Waals surface area contributed by atoms with E-state index in [-0.39, 0.29) is 6.17 Å². The van der Waals surface area contributed by atoms with E-state index in [1.165, 1.54) is 74.7 Å². The first-order chi connectivity index (χ1) is 15.5. The highest BCUT2D eigenvalue weighted by atomic mass is 15.3. The van der Waals surface area contributed by atoms with Crippen LogP contribution in [0, 0.1) is 10.8 Å². The molecule has 3 aliphatic carbocycles. The smallest absolute Gasteiger partial charge is 0.125 e. The van der Waals surface area contributed by atoms with Crippen LogP contribution in [-0.4, -0.2) is 51.5 Å². The SMILES string of the molecule is C=NC1=C(N(CCCCC)CC23CCC(CN)(CC2)CC3)c2ccccc2N(C)C1NC. The van der Waals surface area contributed by atoms with Crippen molar-refractivity contribution >= 4 is 18.1 Å². The fourth-order valence-electron chi connectivity index (χ4n) is 6.51. The molecule has 5 heteroatoms. The number of nitrogens with two attached hydrogens (primary N) is 1. The molecule has 0 spiro atoms. The molecule has 0 amide bonds. The molecule has 3 N–H and O–H groups in total. The predicted molar refractivity (Wildman–Crippen MR) is 137 cm³/mol. The molecule has 3 saturated carbocycles. The van der Waals surface area contributed by atoms with Crippen LogP contribution >= 0.6 is 0 Å². The second-order valence-corrected chi connectivity index (χ2v) is 10.5. The summed E-state index contributed by atoms with van der Waals surface area (Å²) in [5, 5.41) is 3.49. The standard InChI is InChI=1S/C27H43N5/c1-5-6-9-18-32(20-27-15-12-26(19-28,13-16-27)14-17-27)24-21-10-7-8-11-22(21)31(4)25(30-3)23(24)29-2/h7-8,10-11,25,30H,2,5-6,9,12-20,28H2,1,3-4H3. The van der Waals surface area contributed by atoms with Crippen LogP contribution in [0.25, 0.3) is 5.70 Å². The Morgan fingerprint density at radius 2 is 1.78 bits per heavy atom. The first-order valence-corrected chi connectivity index (χ1v) is 12.7. The van der Waals surface area contributed by atoms with Crippen molar-refractivity contribution in [1.82, 2.24) is 10.2 Å². The molecular formula is C27H43N5. The van der Waals surface area contributed by atoms with Crippen molar-refractivity contribution in [2.24, 2.45) is 21.6 Å². The molecule has 0 saturated heterocycles. The molecule has 5 rings (SSSR count). The Bertz CT molecular complexity index is 820. The lowest BCUT2D eigenvalue weighted by molar-refractivity contribution is -0.0166. The number of hydrogen-bond acceptors (Lipinski definition) is 5. The van der Waals surface area contributed by atoms with Crippen LogP contribution in [0.4, 0.5) is 5.69 Å². The van der Waals surface area contributed by atoms with Gasteiger partial charge in [-0.2, -0.15) is 0 Å². The summed E-state index contributed by atoms with van der Waals surface area (Å²) < 4.78 is 0. The molecule has 3 fully saturated rings. The molecule has 176 valence electrons. The number of unbranched alkanes of at least 4 members (excludes halogenated alkanes) is 2. The third-order valence-electron chi connectivity index (χ3n) is 8.74. The fourth-order valence-corrected chi connectivity index (χ4v) is 6.51. The summed E-state index contributed by atoms with van der Waals surface area (Å²) in [5.74, 6) is 0. The second-order valence-electron chi connectivity index (χ2n) is 10.5. The Morgan fingerprint density at radius 3 is 2.38 bits per heavy atom. The summed E-state index contributed by atoms with van der Waals surface area (Å²) in [5.41, 5.74) is 12.0. The van der Waals surface area contributed by atoms with E-state index in [0.717, 1.165) is 25.3 Å². The summed E-state index contributed by atoms with van der Waals surface area (Å²) in [6.45, 7) is 9.38. The van der Waals surface area contributed by atoms with Gasteiger partial charge in [-0.1, -0.05) is 38.0 Å². The lowest BCUT2D eigenvalue weighted by atomic mass is 9.53. The fraction of sp³-hybridized carbons (Fsp3) is 0.667. The molecule has 1 aliphatic heterocycles. The molecule has 0 radical (unpaired) electrons. The third kappa shape index (κ3) is 4.10. The van der Waals surface area contributed by atoms with Crippen molar-refractivity contribution < 1.29 is 0 Å². The zero-order chi connectivity index (χ0) is 22.8. The van der Waals surface area contributed by atoms with Gasteiger partial charge in [-0.3, -0.25) is 10.3 Å². The lowest BCUT2D eigenvalue weighted by Crippen LogP contribution is -2.51. The summed E-state index contributed by atoms with van der Waals surface area (Å²) in [6, 6.07) is 8.80. The van der Waals surface area contributed by atoms with E-state index in [1.807, 2.05) is 7.05 Å². The van der Waals surface area contributed by atoms with Gasteiger partial charge in [-0.25, -0.2) is 0 Å². The summed E-state index contributed by atoms with van der Waals surface area (Å²) >= 11 is 0. The van der Waals surface area contributed by atoms with Crippen LogP contribution in [0.3, 0.4) is 0 Å². The zero-order valence-electron chi connectivity index (χ0n) is 20.5. The van der Waals surface area contributed by atoms with Crippen molar-refractivity contribution in [2.75, 3.05) is 38.6 Å². The van der Waals surface area contributed by atoms with Gasteiger partial charge < -0.3 is 15.5 Å². The Kier molecular flexibility index (Phi) is 6.97. The third-order valence-corrected chi connectivity index (χ3v) is 8.74. The quantitative estimate of drug-likeness (QED) is 0.406. The van der Waals surface area contributed by atoms with Crippen LogP contribution in [0.15, 0.2) is 35.0 Å². The van der Waals surface area contributed by atoms with Crippen LogP contribution in [0.2, 0.25) is 0 Å². The lowest BCUT2D eigenvalue weighted by Gasteiger charge is -2.55. The first-order valence-electron chi connectivity index (χ1n) is 12.7. The van der Waals surface area contributed by atoms with E-state index in [9.17, 15) is 0 Å². The summed E-state index contributed by atoms with van der Waals surface area (Å²) in [4.78, 5) is 9.61. The first kappa shape index (κ1) is 23.3. The maximum atomic E-state index is 6.20. The van der Waals surface area contributed by atoms with Gasteiger partial charge in [-0.15, -0.1) is 0 Å². The van der Waals surface area contributed by atoms with Gasteiger partial charge >= 0.3 is 0 Å². The number of nitrogens with one attached hydrogen (secondary N) is 1. The van der Waals surface area contributed by atoms with Gasteiger partial charge in [0.2, 0.25) is 0 Å². The Hall–Kier alpha value is -1.85. The minimum absolute atomic E-state index is 0.0335. The minimum atomic E-state index is 0.0335. The van der Waals surface area contributed by atoms with Crippen molar-refractivity contribution in [3.8, 4) is 0 Å². The van der Waals surface area contributed by atoms with Gasteiger partial charge in [0.15, 0.2) is 0 Å². The highest BCUT2D eigenvalue weighted by Crippen LogP contribution is 2.57. The number of nitrogens with zero attached hydrogens (tertiary/aromatic N) is 3. The van der Waals surface area contributed by atoms with E-state index >= 15 is 0 Å². The average Bonchev–Trinajstić information content (AvgIpc) is 2.84. The van der Waals surface area contributed by atoms with Crippen molar-refractivity contribution in [3.05, 3.63) is 35.5 Å². The number of para-hydroxylation sites is 1. The van der Waals surface area contributed by atoms with Crippen molar-refractivity contribution in [3.63, 3.8) is 0 Å². The van der Waals surface area contributed by atoms with Gasteiger partial charge in [-0.05, 0) is 82.2 Å². The van der Waals surface area contributed by atoms with E-state index in [2.05, 4.69) is 65.1 Å². The monoisotopic (exact) mass is 437 g/mol. The largest absolute Gasteiger partial charge is 0.369 e. The molecule has 5 nitrogen and oxygen atoms in total. The van der Waals surface area contributed by atoms with Crippen LogP contribution < -0.4 is 16.0 Å². The molecule has 1 aromatic carbocycles. The van der Waals surface area contributed by atoms with E-state index in [1.54, 1.807) is 0 Å². The van der Waals surface area contributed by atoms with E-state index in [4.69, 9.17) is 5.73 Å². The number of rotatable bonds is 10. The molecular weight excluding hydrogens is 394 g/mol. The Balaban J connectivity index is 1.72. The Labute approximate surface area is 195 Å². The number of hydrogen-bond donors (Lipinski definition) is 2. The predicted octanol–water partition coefficient (Wildman–Crippen LogP) is 4.84. The zero-order valence-corrected chi connectivity index (χ0v) is 20.5.